The first-order valence-corrected chi connectivity index (χ1v) is 5.79. The maximum atomic E-state index is 5.51. The van der Waals surface area contributed by atoms with E-state index in [1.807, 2.05) is 0 Å². The number of ether oxygens (including phenoxy) is 2. The van der Waals surface area contributed by atoms with Gasteiger partial charge in [0.25, 0.3) is 0 Å². The molecule has 3 N–H and O–H groups in total. The van der Waals surface area contributed by atoms with E-state index in [1.165, 1.54) is 0 Å². The zero-order valence-electron chi connectivity index (χ0n) is 10.3. The number of hydrogen-bond acceptors (Lipinski definition) is 4. The highest BCUT2D eigenvalue weighted by molar-refractivity contribution is 4.70. The van der Waals surface area contributed by atoms with Crippen molar-refractivity contribution < 1.29 is 9.47 Å². The lowest BCUT2D eigenvalue weighted by Gasteiger charge is -2.22. The van der Waals surface area contributed by atoms with Crippen LogP contribution in [-0.2, 0) is 9.47 Å². The Balaban J connectivity index is 3.60. The van der Waals surface area contributed by atoms with E-state index in [-0.39, 0.29) is 0 Å². The van der Waals surface area contributed by atoms with Gasteiger partial charge in [-0.1, -0.05) is 13.8 Å². The molecular formula is C11H26N2O2. The fraction of sp³-hybridized carbons (Fsp3) is 1.00. The second kappa shape index (κ2) is 10.4. The minimum atomic E-state index is 0.317. The molecule has 0 amide bonds. The quantitative estimate of drug-likeness (QED) is 0.330. The molecule has 92 valence electrons. The predicted molar refractivity (Wildman–Crippen MR) is 62.5 cm³/mol. The van der Waals surface area contributed by atoms with Crippen LogP contribution in [0, 0.1) is 5.92 Å². The van der Waals surface area contributed by atoms with Gasteiger partial charge < -0.3 is 9.47 Å². The maximum Gasteiger partial charge on any atom is 0.0481 e. The molecule has 0 aliphatic carbocycles. The van der Waals surface area contributed by atoms with E-state index in [1.54, 1.807) is 7.11 Å². The predicted octanol–water partition coefficient (Wildman–Crippen LogP) is 1.31. The van der Waals surface area contributed by atoms with Gasteiger partial charge in [0.15, 0.2) is 0 Å². The van der Waals surface area contributed by atoms with Crippen molar-refractivity contribution in [1.82, 2.24) is 5.43 Å². The fourth-order valence-corrected chi connectivity index (χ4v) is 1.49. The largest absolute Gasteiger partial charge is 0.385 e. The van der Waals surface area contributed by atoms with Crippen molar-refractivity contribution in [1.29, 1.82) is 0 Å². The zero-order valence-corrected chi connectivity index (χ0v) is 10.3. The minimum Gasteiger partial charge on any atom is -0.385 e. The van der Waals surface area contributed by atoms with Crippen molar-refractivity contribution in [3.63, 3.8) is 0 Å². The van der Waals surface area contributed by atoms with Gasteiger partial charge in [-0.05, 0) is 25.2 Å². The Morgan fingerprint density at radius 2 is 1.93 bits per heavy atom. The van der Waals surface area contributed by atoms with Crippen LogP contribution < -0.4 is 11.3 Å². The zero-order chi connectivity index (χ0) is 11.5. The smallest absolute Gasteiger partial charge is 0.0481 e. The third-order valence-corrected chi connectivity index (χ3v) is 2.60. The normalized spacial score (nSPS) is 15.2. The van der Waals surface area contributed by atoms with Crippen molar-refractivity contribution in [2.75, 3.05) is 26.9 Å². The molecule has 0 aliphatic rings. The third-order valence-electron chi connectivity index (χ3n) is 2.60. The molecule has 2 atom stereocenters. The molecule has 0 aromatic carbocycles. The van der Waals surface area contributed by atoms with Crippen molar-refractivity contribution in [3.8, 4) is 0 Å². The van der Waals surface area contributed by atoms with Crippen LogP contribution in [0.2, 0.25) is 0 Å². The molecule has 0 spiro atoms. The number of rotatable bonds is 10. The summed E-state index contributed by atoms with van der Waals surface area (Å²) in [7, 11) is 1.72. The third kappa shape index (κ3) is 7.73. The van der Waals surface area contributed by atoms with Crippen molar-refractivity contribution in [2.24, 2.45) is 11.8 Å². The van der Waals surface area contributed by atoms with Gasteiger partial charge in [0.2, 0.25) is 0 Å². The molecule has 0 radical (unpaired) electrons. The van der Waals surface area contributed by atoms with Gasteiger partial charge in [0, 0.05) is 33.0 Å². The molecule has 0 aromatic heterocycles. The van der Waals surface area contributed by atoms with Crippen LogP contribution in [0.4, 0.5) is 0 Å². The van der Waals surface area contributed by atoms with E-state index >= 15 is 0 Å². The molecule has 15 heavy (non-hydrogen) atoms. The van der Waals surface area contributed by atoms with Gasteiger partial charge in [-0.2, -0.15) is 0 Å². The first-order chi connectivity index (χ1) is 7.26. The second-order valence-corrected chi connectivity index (χ2v) is 3.93. The first kappa shape index (κ1) is 14.8. The van der Waals surface area contributed by atoms with Crippen LogP contribution in [0.1, 0.15) is 33.1 Å². The van der Waals surface area contributed by atoms with Gasteiger partial charge in [-0.25, -0.2) is 0 Å². The Hall–Kier alpha value is -0.160. The van der Waals surface area contributed by atoms with Crippen LogP contribution in [-0.4, -0.2) is 33.0 Å². The Bertz CT molecular complexity index is 134. The highest BCUT2D eigenvalue weighted by Gasteiger charge is 2.15. The van der Waals surface area contributed by atoms with Gasteiger partial charge >= 0.3 is 0 Å². The van der Waals surface area contributed by atoms with Crippen molar-refractivity contribution >= 4 is 0 Å². The number of hydrogen-bond donors (Lipinski definition) is 2. The Morgan fingerprint density at radius 1 is 1.20 bits per heavy atom. The van der Waals surface area contributed by atoms with E-state index in [0.29, 0.717) is 12.0 Å². The summed E-state index contributed by atoms with van der Waals surface area (Å²) in [4.78, 5) is 0. The topological polar surface area (TPSA) is 56.5 Å². The number of nitrogens with two attached hydrogens (primary N) is 1. The summed E-state index contributed by atoms with van der Waals surface area (Å²) in [6.07, 6.45) is 3.06. The molecule has 4 heteroatoms. The molecule has 0 aromatic rings. The van der Waals surface area contributed by atoms with Crippen LogP contribution in [0.3, 0.4) is 0 Å². The molecule has 0 heterocycles. The standard InChI is InChI=1S/C11H26N2O2/c1-4-7-15-9-6-11(13-12)10(2)5-8-14-3/h10-11,13H,4-9,12H2,1-3H3. The lowest BCUT2D eigenvalue weighted by Crippen LogP contribution is -2.41. The summed E-state index contributed by atoms with van der Waals surface area (Å²) in [5.41, 5.74) is 2.85. The van der Waals surface area contributed by atoms with Gasteiger partial charge in [0.1, 0.15) is 0 Å². The van der Waals surface area contributed by atoms with E-state index in [2.05, 4.69) is 19.3 Å². The van der Waals surface area contributed by atoms with Crippen LogP contribution in [0.5, 0.6) is 0 Å². The summed E-state index contributed by atoms with van der Waals surface area (Å²) in [6.45, 7) is 6.70. The van der Waals surface area contributed by atoms with Crippen LogP contribution in [0.15, 0.2) is 0 Å². The Labute approximate surface area is 93.5 Å². The molecule has 2 unspecified atom stereocenters. The van der Waals surface area contributed by atoms with E-state index in [9.17, 15) is 0 Å². The van der Waals surface area contributed by atoms with Gasteiger partial charge in [-0.15, -0.1) is 0 Å². The lowest BCUT2D eigenvalue weighted by molar-refractivity contribution is 0.112. The number of methoxy groups -OCH3 is 1. The molecule has 0 fully saturated rings. The van der Waals surface area contributed by atoms with Crippen molar-refractivity contribution in [2.45, 2.75) is 39.2 Å². The Kier molecular flexibility index (Phi) is 10.3. The monoisotopic (exact) mass is 218 g/mol. The Morgan fingerprint density at radius 3 is 2.47 bits per heavy atom. The summed E-state index contributed by atoms with van der Waals surface area (Å²) in [5.74, 6) is 6.03. The van der Waals surface area contributed by atoms with Crippen LogP contribution in [0.25, 0.3) is 0 Å². The molecule has 0 aliphatic heterocycles. The molecule has 4 nitrogen and oxygen atoms in total. The average Bonchev–Trinajstić information content (AvgIpc) is 2.26. The minimum absolute atomic E-state index is 0.317. The van der Waals surface area contributed by atoms with Crippen molar-refractivity contribution in [3.05, 3.63) is 0 Å². The summed E-state index contributed by atoms with van der Waals surface area (Å²) < 4.78 is 10.5. The second-order valence-electron chi connectivity index (χ2n) is 3.93. The van der Waals surface area contributed by atoms with E-state index in [4.69, 9.17) is 15.3 Å². The molecular weight excluding hydrogens is 192 g/mol. The highest BCUT2D eigenvalue weighted by Crippen LogP contribution is 2.11. The first-order valence-electron chi connectivity index (χ1n) is 5.79. The molecule has 0 bridgehead atoms. The van der Waals surface area contributed by atoms with Gasteiger partial charge in [-0.3, -0.25) is 11.3 Å². The summed E-state index contributed by atoms with van der Waals surface area (Å²) in [6, 6.07) is 0.317. The van der Waals surface area contributed by atoms with E-state index < -0.39 is 0 Å². The summed E-state index contributed by atoms with van der Waals surface area (Å²) in [5, 5.41) is 0. The average molecular weight is 218 g/mol. The lowest BCUT2D eigenvalue weighted by atomic mass is 9.97. The fourth-order valence-electron chi connectivity index (χ4n) is 1.49. The maximum absolute atomic E-state index is 5.51. The SMILES string of the molecule is CCCOCCC(NN)C(C)CCOC. The van der Waals surface area contributed by atoms with E-state index in [0.717, 1.165) is 39.1 Å². The number of hydrazine groups is 1. The van der Waals surface area contributed by atoms with Crippen LogP contribution >= 0.6 is 0 Å². The highest BCUT2D eigenvalue weighted by atomic mass is 16.5. The molecule has 0 rings (SSSR count). The summed E-state index contributed by atoms with van der Waals surface area (Å²) >= 11 is 0. The number of nitrogens with one attached hydrogen (secondary N) is 1. The van der Waals surface area contributed by atoms with Gasteiger partial charge in [0.05, 0.1) is 0 Å². The molecule has 0 saturated carbocycles. The molecule has 0 saturated heterocycles.